The van der Waals surface area contributed by atoms with Crippen LogP contribution in [0.2, 0.25) is 0 Å². The molecule has 0 aromatic heterocycles. The molecule has 2 aliphatic heterocycles. The first kappa shape index (κ1) is 24.4. The van der Waals surface area contributed by atoms with Crippen LogP contribution in [0.5, 0.6) is 0 Å². The molecule has 1 amide bonds. The number of aliphatic imine (C=N–C) groups is 1. The van der Waals surface area contributed by atoms with E-state index in [1.807, 2.05) is 0 Å². The molecule has 2 unspecified atom stereocenters. The van der Waals surface area contributed by atoms with Crippen molar-refractivity contribution in [2.45, 2.75) is 31.8 Å². The summed E-state index contributed by atoms with van der Waals surface area (Å²) >= 11 is 0. The Morgan fingerprint density at radius 1 is 1.26 bits per heavy atom. The molecule has 27 heavy (non-hydrogen) atoms. The Bertz CT molecular complexity index is 439. The normalized spacial score (nSPS) is 22.4. The van der Waals surface area contributed by atoms with E-state index in [4.69, 9.17) is 14.2 Å². The van der Waals surface area contributed by atoms with Crippen molar-refractivity contribution in [2.75, 3.05) is 66.8 Å². The van der Waals surface area contributed by atoms with Gasteiger partial charge in [0.15, 0.2) is 5.96 Å². The van der Waals surface area contributed by atoms with Crippen LogP contribution in [0.15, 0.2) is 4.99 Å². The van der Waals surface area contributed by atoms with Crippen molar-refractivity contribution < 1.29 is 19.0 Å². The van der Waals surface area contributed by atoms with E-state index < -0.39 is 0 Å². The van der Waals surface area contributed by atoms with Crippen LogP contribution < -0.4 is 10.6 Å². The predicted molar refractivity (Wildman–Crippen MR) is 116 cm³/mol. The van der Waals surface area contributed by atoms with Gasteiger partial charge in [0.2, 0.25) is 5.91 Å². The Balaban J connectivity index is 0.00000364. The highest BCUT2D eigenvalue weighted by molar-refractivity contribution is 14.0. The lowest BCUT2D eigenvalue weighted by molar-refractivity contribution is -0.127. The Morgan fingerprint density at radius 2 is 2.11 bits per heavy atom. The number of carbonyl (C=O) groups excluding carboxylic acids is 1. The molecule has 0 saturated carbocycles. The van der Waals surface area contributed by atoms with Crippen molar-refractivity contribution >= 4 is 35.8 Å². The summed E-state index contributed by atoms with van der Waals surface area (Å²) in [6.45, 7) is 5.52. The van der Waals surface area contributed by atoms with Gasteiger partial charge in [0.05, 0.1) is 19.3 Å². The second kappa shape index (κ2) is 14.4. The number of guanidine groups is 1. The molecule has 2 heterocycles. The molecule has 0 radical (unpaired) electrons. The number of hydrogen-bond acceptors (Lipinski definition) is 5. The van der Waals surface area contributed by atoms with Gasteiger partial charge < -0.3 is 29.7 Å². The first-order valence-corrected chi connectivity index (χ1v) is 9.64. The lowest BCUT2D eigenvalue weighted by atomic mass is 10.1. The standard InChI is InChI=1S/C18H34N4O4.HI/c1-22(2)17(23)12-21-18(20-11-15-6-10-25-13-15)19-7-4-8-24-14-16-5-3-9-26-16;/h15-16H,3-14H2,1-2H3,(H2,19,20,21);1H. The van der Waals surface area contributed by atoms with E-state index in [1.54, 1.807) is 19.0 Å². The molecule has 2 rings (SSSR count). The fraction of sp³-hybridized carbons (Fsp3) is 0.889. The van der Waals surface area contributed by atoms with Gasteiger partial charge in [-0.05, 0) is 25.7 Å². The lowest BCUT2D eigenvalue weighted by Crippen LogP contribution is -2.41. The molecule has 0 aromatic rings. The van der Waals surface area contributed by atoms with Gasteiger partial charge in [-0.25, -0.2) is 4.99 Å². The molecular formula is C18H35IN4O4. The van der Waals surface area contributed by atoms with Crippen molar-refractivity contribution in [1.29, 1.82) is 0 Å². The molecule has 2 fully saturated rings. The van der Waals surface area contributed by atoms with Crippen molar-refractivity contribution in [3.63, 3.8) is 0 Å². The number of ether oxygens (including phenoxy) is 3. The van der Waals surface area contributed by atoms with Gasteiger partial charge in [-0.3, -0.25) is 4.79 Å². The van der Waals surface area contributed by atoms with E-state index in [9.17, 15) is 4.79 Å². The zero-order chi connectivity index (χ0) is 18.6. The molecule has 0 aliphatic carbocycles. The highest BCUT2D eigenvalue weighted by Gasteiger charge is 2.16. The first-order valence-electron chi connectivity index (χ1n) is 9.64. The number of nitrogens with zero attached hydrogens (tertiary/aromatic N) is 2. The summed E-state index contributed by atoms with van der Waals surface area (Å²) in [5.74, 6) is 1.16. The van der Waals surface area contributed by atoms with Crippen molar-refractivity contribution in [3.8, 4) is 0 Å². The van der Waals surface area contributed by atoms with Crippen LogP contribution in [-0.2, 0) is 19.0 Å². The van der Waals surface area contributed by atoms with Crippen LogP contribution in [0.4, 0.5) is 0 Å². The van der Waals surface area contributed by atoms with E-state index in [0.29, 0.717) is 25.1 Å². The van der Waals surface area contributed by atoms with Crippen LogP contribution >= 0.6 is 24.0 Å². The number of amides is 1. The van der Waals surface area contributed by atoms with Gasteiger partial charge in [-0.1, -0.05) is 0 Å². The Hall–Kier alpha value is -0.650. The topological polar surface area (TPSA) is 84.4 Å². The smallest absolute Gasteiger partial charge is 0.243 e. The number of carbonyl (C=O) groups is 1. The maximum atomic E-state index is 11.8. The second-order valence-corrected chi connectivity index (χ2v) is 7.05. The van der Waals surface area contributed by atoms with Crippen LogP contribution in [0.3, 0.4) is 0 Å². The van der Waals surface area contributed by atoms with Gasteiger partial charge in [0, 0.05) is 52.9 Å². The third-order valence-electron chi connectivity index (χ3n) is 4.54. The lowest BCUT2D eigenvalue weighted by Gasteiger charge is -2.16. The van der Waals surface area contributed by atoms with Gasteiger partial charge in [-0.2, -0.15) is 0 Å². The van der Waals surface area contributed by atoms with Gasteiger partial charge in [0.1, 0.15) is 6.54 Å². The molecule has 9 heteroatoms. The number of nitrogens with one attached hydrogen (secondary N) is 2. The molecule has 2 N–H and O–H groups in total. The summed E-state index contributed by atoms with van der Waals surface area (Å²) in [6, 6.07) is 0. The molecule has 2 saturated heterocycles. The number of likely N-dealkylation sites (N-methyl/N-ethyl adjacent to an activating group) is 1. The second-order valence-electron chi connectivity index (χ2n) is 7.05. The highest BCUT2D eigenvalue weighted by atomic mass is 127. The summed E-state index contributed by atoms with van der Waals surface area (Å²) < 4.78 is 16.6. The van der Waals surface area contributed by atoms with Crippen molar-refractivity contribution in [1.82, 2.24) is 15.5 Å². The fourth-order valence-corrected chi connectivity index (χ4v) is 2.82. The third kappa shape index (κ3) is 10.5. The SMILES string of the molecule is CN(C)C(=O)CN=C(NCCCOCC1CCCO1)NCC1CCOC1.I. The quantitative estimate of drug-likeness (QED) is 0.201. The third-order valence-corrected chi connectivity index (χ3v) is 4.54. The largest absolute Gasteiger partial charge is 0.381 e. The zero-order valence-corrected chi connectivity index (χ0v) is 18.9. The molecule has 0 aromatic carbocycles. The van der Waals surface area contributed by atoms with E-state index in [-0.39, 0.29) is 42.5 Å². The summed E-state index contributed by atoms with van der Waals surface area (Å²) in [4.78, 5) is 17.7. The molecular weight excluding hydrogens is 463 g/mol. The van der Waals surface area contributed by atoms with Crippen LogP contribution in [0.25, 0.3) is 0 Å². The van der Waals surface area contributed by atoms with Crippen molar-refractivity contribution in [2.24, 2.45) is 10.9 Å². The van der Waals surface area contributed by atoms with Gasteiger partial charge >= 0.3 is 0 Å². The van der Waals surface area contributed by atoms with Gasteiger partial charge in [0.25, 0.3) is 0 Å². The van der Waals surface area contributed by atoms with Crippen molar-refractivity contribution in [3.05, 3.63) is 0 Å². The predicted octanol–water partition coefficient (Wildman–Crippen LogP) is 0.850. The molecule has 0 bridgehead atoms. The minimum absolute atomic E-state index is 0. The summed E-state index contributed by atoms with van der Waals surface area (Å²) in [5.41, 5.74) is 0. The van der Waals surface area contributed by atoms with Crippen LogP contribution in [-0.4, -0.2) is 89.6 Å². The average Bonchev–Trinajstić information content (AvgIpc) is 3.32. The molecule has 158 valence electrons. The summed E-state index contributed by atoms with van der Waals surface area (Å²) in [7, 11) is 3.47. The number of rotatable bonds is 10. The Morgan fingerprint density at radius 3 is 2.78 bits per heavy atom. The number of hydrogen-bond donors (Lipinski definition) is 2. The van der Waals surface area contributed by atoms with Crippen LogP contribution in [0, 0.1) is 5.92 Å². The highest BCUT2D eigenvalue weighted by Crippen LogP contribution is 2.12. The van der Waals surface area contributed by atoms with E-state index in [1.165, 1.54) is 0 Å². The monoisotopic (exact) mass is 498 g/mol. The average molecular weight is 498 g/mol. The van der Waals surface area contributed by atoms with Gasteiger partial charge in [-0.15, -0.1) is 24.0 Å². The minimum Gasteiger partial charge on any atom is -0.381 e. The summed E-state index contributed by atoms with van der Waals surface area (Å²) in [6.07, 6.45) is 4.45. The molecule has 8 nitrogen and oxygen atoms in total. The first-order chi connectivity index (χ1) is 12.6. The summed E-state index contributed by atoms with van der Waals surface area (Å²) in [5, 5.41) is 6.60. The Kier molecular flexibility index (Phi) is 13.0. The zero-order valence-electron chi connectivity index (χ0n) is 16.6. The fourth-order valence-electron chi connectivity index (χ4n) is 2.82. The maximum Gasteiger partial charge on any atom is 0.243 e. The molecule has 2 atom stereocenters. The molecule has 2 aliphatic rings. The van der Waals surface area contributed by atoms with E-state index >= 15 is 0 Å². The number of halogens is 1. The molecule has 0 spiro atoms. The Labute approximate surface area is 179 Å². The van der Waals surface area contributed by atoms with E-state index in [2.05, 4.69) is 15.6 Å². The maximum absolute atomic E-state index is 11.8. The minimum atomic E-state index is -0.0183. The van der Waals surface area contributed by atoms with Crippen LogP contribution in [0.1, 0.15) is 25.7 Å². The van der Waals surface area contributed by atoms with E-state index in [0.717, 1.165) is 58.6 Å².